The quantitative estimate of drug-likeness (QED) is 0.815. The van der Waals surface area contributed by atoms with Gasteiger partial charge in [0, 0.05) is 23.7 Å². The lowest BCUT2D eigenvalue weighted by molar-refractivity contribution is 0.394. The molecule has 1 N–H and O–H groups in total. The van der Waals surface area contributed by atoms with E-state index in [4.69, 9.17) is 0 Å². The molecule has 2 atom stereocenters. The van der Waals surface area contributed by atoms with E-state index in [0.29, 0.717) is 0 Å². The van der Waals surface area contributed by atoms with Gasteiger partial charge in [0.25, 0.3) is 0 Å². The number of nitrogens with zero attached hydrogens (tertiary/aromatic N) is 1. The first-order valence-corrected chi connectivity index (χ1v) is 8.63. The predicted molar refractivity (Wildman–Crippen MR) is 85.7 cm³/mol. The number of aromatic nitrogens is 1. The lowest BCUT2D eigenvalue weighted by Gasteiger charge is -2.26. The molecule has 1 heterocycles. The molecule has 0 aromatic carbocycles. The smallest absolute Gasteiger partial charge is 0.125 e. The van der Waals surface area contributed by atoms with Crippen molar-refractivity contribution in [3.05, 3.63) is 23.9 Å². The molecule has 1 aliphatic rings. The third-order valence-electron chi connectivity index (χ3n) is 3.75. The summed E-state index contributed by atoms with van der Waals surface area (Å²) in [5.74, 6) is 3.03. The van der Waals surface area contributed by atoms with Gasteiger partial charge in [0.05, 0.1) is 0 Å². The molecule has 0 bridgehead atoms. The van der Waals surface area contributed by atoms with Crippen molar-refractivity contribution in [1.29, 1.82) is 0 Å². The van der Waals surface area contributed by atoms with Crippen LogP contribution in [0.3, 0.4) is 0 Å². The Hall–Kier alpha value is -0.700. The van der Waals surface area contributed by atoms with E-state index in [-0.39, 0.29) is 0 Å². The molecule has 1 fully saturated rings. The summed E-state index contributed by atoms with van der Waals surface area (Å²) in [6.07, 6.45) is 8.80. The lowest BCUT2D eigenvalue weighted by atomic mass is 9.91. The highest BCUT2D eigenvalue weighted by Gasteiger charge is 2.18. The van der Waals surface area contributed by atoms with Crippen LogP contribution in [0.25, 0.3) is 0 Å². The van der Waals surface area contributed by atoms with Crippen LogP contribution in [-0.2, 0) is 5.75 Å². The van der Waals surface area contributed by atoms with Crippen LogP contribution >= 0.6 is 11.8 Å². The topological polar surface area (TPSA) is 24.9 Å². The first-order valence-electron chi connectivity index (χ1n) is 7.58. The number of nitrogens with one attached hydrogen (secondary N) is 1. The first-order chi connectivity index (χ1) is 9.28. The van der Waals surface area contributed by atoms with E-state index in [1.807, 2.05) is 6.20 Å². The van der Waals surface area contributed by atoms with E-state index >= 15 is 0 Å². The largest absolute Gasteiger partial charge is 0.370 e. The normalized spacial score (nSPS) is 23.3. The standard InChI is InChI=1S/C16H26N2S/c1-3-9-17-16-8-7-14(11-18-16)12-19-15-6-4-5-13(2)10-15/h7-8,11,13,15H,3-6,9-10,12H2,1-2H3,(H,17,18). The zero-order chi connectivity index (χ0) is 13.5. The average molecular weight is 278 g/mol. The highest BCUT2D eigenvalue weighted by Crippen LogP contribution is 2.33. The molecule has 1 aliphatic carbocycles. The van der Waals surface area contributed by atoms with Crippen molar-refractivity contribution >= 4 is 17.6 Å². The molecule has 0 saturated heterocycles. The molecule has 1 aromatic rings. The number of pyridine rings is 1. The van der Waals surface area contributed by atoms with E-state index in [9.17, 15) is 0 Å². The van der Waals surface area contributed by atoms with Gasteiger partial charge in [-0.2, -0.15) is 11.8 Å². The second-order valence-electron chi connectivity index (χ2n) is 5.68. The number of rotatable bonds is 6. The molecule has 19 heavy (non-hydrogen) atoms. The third kappa shape index (κ3) is 5.06. The first kappa shape index (κ1) is 14.7. The fourth-order valence-electron chi connectivity index (χ4n) is 2.61. The zero-order valence-corrected chi connectivity index (χ0v) is 13.0. The van der Waals surface area contributed by atoms with Crippen molar-refractivity contribution in [2.45, 2.75) is 57.0 Å². The number of hydrogen-bond donors (Lipinski definition) is 1. The summed E-state index contributed by atoms with van der Waals surface area (Å²) in [5, 5.41) is 4.18. The third-order valence-corrected chi connectivity index (χ3v) is 5.15. The molecule has 1 aromatic heterocycles. The van der Waals surface area contributed by atoms with Gasteiger partial charge in [-0.1, -0.05) is 32.8 Å². The van der Waals surface area contributed by atoms with Gasteiger partial charge in [0.2, 0.25) is 0 Å². The second-order valence-corrected chi connectivity index (χ2v) is 6.97. The number of thioether (sulfide) groups is 1. The van der Waals surface area contributed by atoms with Gasteiger partial charge in [-0.3, -0.25) is 0 Å². The molecule has 0 radical (unpaired) electrons. The SMILES string of the molecule is CCCNc1ccc(CSC2CCCC(C)C2)cn1. The maximum atomic E-state index is 4.47. The van der Waals surface area contributed by atoms with Crippen LogP contribution in [0.5, 0.6) is 0 Å². The molecule has 106 valence electrons. The molecule has 3 heteroatoms. The van der Waals surface area contributed by atoms with Gasteiger partial charge >= 0.3 is 0 Å². The summed E-state index contributed by atoms with van der Waals surface area (Å²) < 4.78 is 0. The van der Waals surface area contributed by atoms with Crippen LogP contribution in [0, 0.1) is 5.92 Å². The highest BCUT2D eigenvalue weighted by molar-refractivity contribution is 7.99. The molecule has 0 spiro atoms. The second kappa shape index (κ2) is 7.78. The fourth-order valence-corrected chi connectivity index (χ4v) is 4.01. The van der Waals surface area contributed by atoms with Crippen molar-refractivity contribution in [1.82, 2.24) is 4.98 Å². The van der Waals surface area contributed by atoms with Gasteiger partial charge in [-0.25, -0.2) is 4.98 Å². The Morgan fingerprint density at radius 3 is 2.95 bits per heavy atom. The van der Waals surface area contributed by atoms with E-state index in [2.05, 4.69) is 48.0 Å². The number of hydrogen-bond acceptors (Lipinski definition) is 3. The van der Waals surface area contributed by atoms with Crippen molar-refractivity contribution in [2.75, 3.05) is 11.9 Å². The van der Waals surface area contributed by atoms with Gasteiger partial charge in [0.1, 0.15) is 5.82 Å². The Labute approximate surface area is 121 Å². The summed E-state index contributed by atoms with van der Waals surface area (Å²) in [7, 11) is 0. The molecule has 0 aliphatic heterocycles. The van der Waals surface area contributed by atoms with Crippen LogP contribution in [0.2, 0.25) is 0 Å². The van der Waals surface area contributed by atoms with E-state index < -0.39 is 0 Å². The van der Waals surface area contributed by atoms with Crippen molar-refractivity contribution < 1.29 is 0 Å². The van der Waals surface area contributed by atoms with Crippen LogP contribution < -0.4 is 5.32 Å². The lowest BCUT2D eigenvalue weighted by Crippen LogP contribution is -2.15. The summed E-state index contributed by atoms with van der Waals surface area (Å²) >= 11 is 2.12. The molecule has 2 unspecified atom stereocenters. The molecule has 2 rings (SSSR count). The maximum Gasteiger partial charge on any atom is 0.125 e. The van der Waals surface area contributed by atoms with Gasteiger partial charge in [-0.15, -0.1) is 0 Å². The predicted octanol–water partition coefficient (Wildman–Crippen LogP) is 4.72. The monoisotopic (exact) mass is 278 g/mol. The Morgan fingerprint density at radius 1 is 1.37 bits per heavy atom. The van der Waals surface area contributed by atoms with Crippen LogP contribution in [0.4, 0.5) is 5.82 Å². The summed E-state index contributed by atoms with van der Waals surface area (Å²) in [5.41, 5.74) is 1.35. The molecule has 0 amide bonds. The minimum atomic E-state index is 0.863. The van der Waals surface area contributed by atoms with E-state index in [0.717, 1.165) is 35.7 Å². The molecular weight excluding hydrogens is 252 g/mol. The molecule has 1 saturated carbocycles. The Balaban J connectivity index is 1.76. The van der Waals surface area contributed by atoms with Crippen LogP contribution in [-0.4, -0.2) is 16.8 Å². The van der Waals surface area contributed by atoms with Gasteiger partial charge < -0.3 is 5.32 Å². The van der Waals surface area contributed by atoms with Gasteiger partial charge in [-0.05, 0) is 36.8 Å². The molecular formula is C16H26N2S. The van der Waals surface area contributed by atoms with Gasteiger partial charge in [0.15, 0.2) is 0 Å². The minimum Gasteiger partial charge on any atom is -0.370 e. The fraction of sp³-hybridized carbons (Fsp3) is 0.688. The summed E-state index contributed by atoms with van der Waals surface area (Å²) in [6, 6.07) is 4.32. The van der Waals surface area contributed by atoms with Crippen molar-refractivity contribution in [2.24, 2.45) is 5.92 Å². The minimum absolute atomic E-state index is 0.863. The average Bonchev–Trinajstić information content (AvgIpc) is 2.44. The van der Waals surface area contributed by atoms with E-state index in [1.165, 1.54) is 31.2 Å². The maximum absolute atomic E-state index is 4.47. The van der Waals surface area contributed by atoms with Crippen molar-refractivity contribution in [3.8, 4) is 0 Å². The van der Waals surface area contributed by atoms with Crippen molar-refractivity contribution in [3.63, 3.8) is 0 Å². The molecule has 2 nitrogen and oxygen atoms in total. The Bertz CT molecular complexity index is 364. The Kier molecular flexibility index (Phi) is 6.02. The highest BCUT2D eigenvalue weighted by atomic mass is 32.2. The van der Waals surface area contributed by atoms with Crippen LogP contribution in [0.1, 0.15) is 51.5 Å². The summed E-state index contributed by atoms with van der Waals surface area (Å²) in [6.45, 7) is 5.56. The summed E-state index contributed by atoms with van der Waals surface area (Å²) in [4.78, 5) is 4.47. The zero-order valence-electron chi connectivity index (χ0n) is 12.2. The van der Waals surface area contributed by atoms with E-state index in [1.54, 1.807) is 0 Å². The Morgan fingerprint density at radius 2 is 2.26 bits per heavy atom. The van der Waals surface area contributed by atoms with Crippen LogP contribution in [0.15, 0.2) is 18.3 Å². The number of anilines is 1.